The molecule has 8 aliphatic rings. The zero-order chi connectivity index (χ0) is 93.7. The lowest BCUT2D eigenvalue weighted by atomic mass is 9.96. The maximum atomic E-state index is 14.7. The Labute approximate surface area is 742 Å². The van der Waals surface area contributed by atoms with Crippen molar-refractivity contribution in [2.45, 2.75) is 101 Å². The number of carbonyl (C=O) groups excluding carboxylic acids is 4. The van der Waals surface area contributed by atoms with E-state index < -0.39 is 145 Å². The van der Waals surface area contributed by atoms with E-state index in [0.29, 0.717) is 81.9 Å². The molecule has 8 aliphatic heterocycles. The Morgan fingerprint density at radius 1 is 0.346 bits per heavy atom. The van der Waals surface area contributed by atoms with Gasteiger partial charge in [-0.2, -0.15) is 39.5 Å². The maximum absolute atomic E-state index is 14.7. The van der Waals surface area contributed by atoms with Crippen molar-refractivity contribution in [2.24, 2.45) is 23.7 Å². The van der Waals surface area contributed by atoms with Crippen molar-refractivity contribution in [3.63, 3.8) is 0 Å². The van der Waals surface area contributed by atoms with Crippen LogP contribution in [0.4, 0.5) is 89.3 Å². The maximum Gasteiger partial charge on any atom is 0.434 e. The quantitative estimate of drug-likeness (QED) is 0.103. The molecule has 8 fully saturated rings. The minimum atomic E-state index is -4.65. The molecule has 0 aliphatic carbocycles. The van der Waals surface area contributed by atoms with Gasteiger partial charge in [0.1, 0.15) is 103 Å². The van der Waals surface area contributed by atoms with E-state index in [1.54, 1.807) is 44.3 Å². The first-order valence-electron chi connectivity index (χ1n) is 41.3. The molecule has 0 saturated carbocycles. The predicted octanol–water partition coefficient (Wildman–Crippen LogP) is 11.6. The number of benzene rings is 3. The fourth-order valence-corrected chi connectivity index (χ4v) is 23.7. The summed E-state index contributed by atoms with van der Waals surface area (Å²) in [6.45, 7) is 4.69. The third kappa shape index (κ3) is 24.1. The number of rotatable bonds is 12. The molecule has 13 heterocycles. The molecule has 27 nitrogen and oxygen atoms in total. The van der Waals surface area contributed by atoms with Crippen molar-refractivity contribution in [3.05, 3.63) is 207 Å². The number of thiazole rings is 1. The number of amides is 4. The average molecular weight is 1930 g/mol. The van der Waals surface area contributed by atoms with Crippen molar-refractivity contribution in [1.82, 2.24) is 54.5 Å². The molecule has 0 N–H and O–H groups in total. The standard InChI is InChI=1S/C22H22F5N3O3S.C21H21F5N4O3S.C20H23F3N4O3S2.C20H22F2N4O3S/c23-16-2-3-17(18(24)11-16)19-13-29(20-4-1-15(12-28-20)22(25,26)27)7-8-30(19)21(31)14-5-9-34(32,33)10-6-14;22-14-1-2-15(16(23)9-14)17-12-29(19-11-27-18(10-28-19)21(24,25)26)5-6-30(17)20(31)13-3-7-34(32,33)8-4-13;1-13-10-25-18(31-13)16-12-26(17-3-2-15(11-24-17)20(21,22)23)6-7-27(16)19(28)14-4-8-32(29,30)9-5-14;21-15-2-3-16(17(22)12-15)18-13-25(20-23-6-1-7-24-20)8-9-26(18)19(27)14-4-10-30(28,29)11-5-14/h1-4,11-12,14,19H,5-10,13H2;1-2,9-11,13,17H,3-8,12H2;2-3,10-11,14,16H,4-9,12H2,1H3;1-3,6-7,12,14,18H,4-5,8-11,13H2. The average Bonchev–Trinajstić information content (AvgIpc) is 0.979. The Balaban J connectivity index is 0.000000148. The van der Waals surface area contributed by atoms with Crippen molar-refractivity contribution >= 4 is 97.7 Å². The van der Waals surface area contributed by atoms with Gasteiger partial charge in [-0.1, -0.05) is 18.2 Å². The van der Waals surface area contributed by atoms with E-state index in [2.05, 4.69) is 34.9 Å². The molecular formula is C83H88F15N15O12S5. The van der Waals surface area contributed by atoms with Gasteiger partial charge in [-0.25, -0.2) is 94.9 Å². The SMILES string of the molecule is Cc1cnc(C2CN(c3ccc(C(F)(F)F)cn3)CCN2C(=O)C2CCS(=O)(=O)CC2)s1.O=C(C1CCS(=O)(=O)CC1)N1CCN(c2ccc(C(F)(F)F)cn2)CC1c1ccc(F)cc1F.O=C(C1CCS(=O)(=O)CC1)N1CCN(c2cnc(C(F)(F)F)cn2)CC1c1ccc(F)cc1F.O=C(C1CCS(=O)(=O)CC1)N1CCN(c2ncccn2)CC1c1ccc(F)cc1F. The summed E-state index contributed by atoms with van der Waals surface area (Å²) in [7, 11) is -12.6. The summed E-state index contributed by atoms with van der Waals surface area (Å²) in [6, 6.07) is 12.7. The Morgan fingerprint density at radius 2 is 0.662 bits per heavy atom. The van der Waals surface area contributed by atoms with Crippen molar-refractivity contribution < 1.29 is 119 Å². The third-order valence-electron chi connectivity index (χ3n) is 24.0. The van der Waals surface area contributed by atoms with E-state index in [0.717, 1.165) is 52.6 Å². The van der Waals surface area contributed by atoms with E-state index in [9.17, 15) is 119 Å². The van der Waals surface area contributed by atoms with Gasteiger partial charge in [-0.3, -0.25) is 19.2 Å². The molecule has 16 rings (SSSR count). The van der Waals surface area contributed by atoms with Gasteiger partial charge < -0.3 is 39.2 Å². The number of piperazine rings is 4. The molecule has 702 valence electrons. The Kier molecular flexibility index (Phi) is 29.8. The van der Waals surface area contributed by atoms with Crippen LogP contribution in [0.5, 0.6) is 0 Å². The van der Waals surface area contributed by atoms with E-state index in [-0.39, 0.29) is 194 Å². The molecule has 47 heteroatoms. The molecule has 130 heavy (non-hydrogen) atoms. The number of sulfone groups is 4. The van der Waals surface area contributed by atoms with E-state index in [1.807, 2.05) is 16.7 Å². The van der Waals surface area contributed by atoms with Crippen LogP contribution < -0.4 is 19.6 Å². The lowest BCUT2D eigenvalue weighted by Gasteiger charge is -2.43. The van der Waals surface area contributed by atoms with E-state index >= 15 is 0 Å². The predicted molar refractivity (Wildman–Crippen MR) is 446 cm³/mol. The second-order valence-electron chi connectivity index (χ2n) is 32.6. The Hall–Kier alpha value is -10.4. The zero-order valence-electron chi connectivity index (χ0n) is 69.4. The number of carbonyl (C=O) groups is 4. The molecule has 8 aromatic rings. The number of alkyl halides is 9. The smallest absolute Gasteiger partial charge is 0.352 e. The van der Waals surface area contributed by atoms with Crippen LogP contribution in [0.25, 0.3) is 0 Å². The molecular weight excluding hydrogens is 1840 g/mol. The zero-order valence-corrected chi connectivity index (χ0v) is 73.4. The first-order chi connectivity index (χ1) is 61.3. The third-order valence-corrected chi connectivity index (χ3v) is 31.9. The lowest BCUT2D eigenvalue weighted by molar-refractivity contribution is -0.142. The fourth-order valence-electron chi connectivity index (χ4n) is 16.9. The van der Waals surface area contributed by atoms with Crippen LogP contribution in [-0.2, 0) is 77.1 Å². The summed E-state index contributed by atoms with van der Waals surface area (Å²) in [5, 5.41) is 0.746. The Bertz CT molecular complexity index is 5650. The molecule has 4 amide bonds. The number of hydrogen-bond acceptors (Lipinski definition) is 24. The molecule has 0 spiro atoms. The van der Waals surface area contributed by atoms with Gasteiger partial charge >= 0.3 is 18.5 Å². The number of pyridine rings is 2. The van der Waals surface area contributed by atoms with Crippen LogP contribution in [0.1, 0.15) is 119 Å². The number of hydrogen-bond donors (Lipinski definition) is 0. The molecule has 4 atom stereocenters. The van der Waals surface area contributed by atoms with Gasteiger partial charge in [0.2, 0.25) is 29.6 Å². The van der Waals surface area contributed by atoms with Gasteiger partial charge in [-0.15, -0.1) is 11.3 Å². The van der Waals surface area contributed by atoms with Gasteiger partial charge in [-0.05, 0) is 107 Å². The summed E-state index contributed by atoms with van der Waals surface area (Å²) in [4.78, 5) is 95.3. The second kappa shape index (κ2) is 39.9. The lowest BCUT2D eigenvalue weighted by Crippen LogP contribution is -2.53. The van der Waals surface area contributed by atoms with Crippen LogP contribution in [-0.4, -0.2) is 236 Å². The molecule has 5 aromatic heterocycles. The summed E-state index contributed by atoms with van der Waals surface area (Å²) in [5.74, 6) is -6.68. The number of anilines is 4. The van der Waals surface area contributed by atoms with Gasteiger partial charge in [0.25, 0.3) is 0 Å². The summed E-state index contributed by atoms with van der Waals surface area (Å²) >= 11 is 1.47. The topological polar surface area (TPSA) is 321 Å². The number of halogens is 15. The van der Waals surface area contributed by atoms with Gasteiger partial charge in [0.15, 0.2) is 5.69 Å². The summed E-state index contributed by atoms with van der Waals surface area (Å²) in [5.41, 5.74) is -2.54. The van der Waals surface area contributed by atoms with E-state index in [4.69, 9.17) is 0 Å². The highest BCUT2D eigenvalue weighted by Crippen LogP contribution is 2.41. The first-order valence-corrected chi connectivity index (χ1v) is 49.4. The van der Waals surface area contributed by atoms with E-state index in [1.165, 1.54) is 57.5 Å². The van der Waals surface area contributed by atoms with Gasteiger partial charge in [0, 0.05) is 173 Å². The number of aromatic nitrogens is 7. The van der Waals surface area contributed by atoms with Crippen LogP contribution >= 0.6 is 11.3 Å². The van der Waals surface area contributed by atoms with Crippen LogP contribution in [0.3, 0.4) is 0 Å². The van der Waals surface area contributed by atoms with Crippen molar-refractivity contribution in [2.75, 3.05) is 144 Å². The first kappa shape index (κ1) is 97.1. The van der Waals surface area contributed by atoms with Crippen LogP contribution in [0.2, 0.25) is 0 Å². The molecule has 0 radical (unpaired) electrons. The molecule has 8 saturated heterocycles. The van der Waals surface area contributed by atoms with Crippen LogP contribution in [0.15, 0.2) is 128 Å². The monoisotopic (exact) mass is 1930 g/mol. The highest BCUT2D eigenvalue weighted by molar-refractivity contribution is 7.92. The van der Waals surface area contributed by atoms with Gasteiger partial charge in [0.05, 0.1) is 87.7 Å². The number of nitrogens with zero attached hydrogens (tertiary/aromatic N) is 15. The highest BCUT2D eigenvalue weighted by atomic mass is 32.2. The summed E-state index contributed by atoms with van der Waals surface area (Å²) in [6.07, 6.45) is -3.81. The van der Waals surface area contributed by atoms with Crippen molar-refractivity contribution in [3.8, 4) is 0 Å². The Morgan fingerprint density at radius 3 is 0.954 bits per heavy atom. The molecule has 0 bridgehead atoms. The van der Waals surface area contributed by atoms with Crippen molar-refractivity contribution in [1.29, 1.82) is 0 Å². The number of aryl methyl sites for hydroxylation is 1. The summed E-state index contributed by atoms with van der Waals surface area (Å²) < 4.78 is 294. The fraction of sp³-hybridized carbons (Fsp3) is 0.482. The molecule has 4 unspecified atom stereocenters. The largest absolute Gasteiger partial charge is 0.434 e. The minimum absolute atomic E-state index is 0.0138. The molecule has 3 aromatic carbocycles. The second-order valence-corrected chi connectivity index (χ2v) is 43.1. The highest BCUT2D eigenvalue weighted by Gasteiger charge is 2.46. The van der Waals surface area contributed by atoms with Crippen LogP contribution in [0, 0.1) is 65.5 Å². The minimum Gasteiger partial charge on any atom is -0.352 e. The normalized spacial score (nSPS) is 21.8.